The number of benzene rings is 1. The summed E-state index contributed by atoms with van der Waals surface area (Å²) in [6, 6.07) is 8.63. The molecule has 132 valence electrons. The largest absolute Gasteiger partial charge is 0.359 e. The Kier molecular flexibility index (Phi) is 4.98. The topological polar surface area (TPSA) is 81.8 Å². The van der Waals surface area contributed by atoms with Crippen molar-refractivity contribution in [2.75, 3.05) is 7.05 Å². The van der Waals surface area contributed by atoms with E-state index in [2.05, 4.69) is 10.7 Å². The second-order valence-electron chi connectivity index (χ2n) is 6.21. The van der Waals surface area contributed by atoms with Crippen LogP contribution in [0, 0.1) is 5.92 Å². The Hall–Kier alpha value is -2.48. The van der Waals surface area contributed by atoms with Crippen LogP contribution in [0.15, 0.2) is 30.3 Å². The smallest absolute Gasteiger partial charge is 0.254 e. The van der Waals surface area contributed by atoms with Gasteiger partial charge in [-0.25, -0.2) is 5.01 Å². The molecule has 1 aliphatic carbocycles. The number of nitrogens with one attached hydrogen (secondary N) is 2. The normalized spacial score (nSPS) is 20.0. The first-order valence-corrected chi connectivity index (χ1v) is 8.61. The maximum atomic E-state index is 12.8. The summed E-state index contributed by atoms with van der Waals surface area (Å²) in [5.41, 5.74) is 3.65. The van der Waals surface area contributed by atoms with E-state index in [1.807, 2.05) is 30.3 Å². The van der Waals surface area contributed by atoms with Gasteiger partial charge < -0.3 is 5.32 Å². The fourth-order valence-corrected chi connectivity index (χ4v) is 3.02. The summed E-state index contributed by atoms with van der Waals surface area (Å²) < 4.78 is 0. The van der Waals surface area contributed by atoms with Crippen LogP contribution in [0.2, 0.25) is 0 Å². The SMILES string of the molecule is CNC(=O)CC1C(=O)N(Cc2ccccc2)C(=S)N1NC(=O)C1CC1. The molecule has 0 aromatic heterocycles. The van der Waals surface area contributed by atoms with Crippen LogP contribution in [0.5, 0.6) is 0 Å². The monoisotopic (exact) mass is 360 g/mol. The van der Waals surface area contributed by atoms with Gasteiger partial charge in [-0.1, -0.05) is 30.3 Å². The zero-order valence-electron chi connectivity index (χ0n) is 13.9. The number of amides is 3. The van der Waals surface area contributed by atoms with Crippen molar-refractivity contribution in [2.45, 2.75) is 31.8 Å². The zero-order valence-corrected chi connectivity index (χ0v) is 14.7. The molecule has 0 radical (unpaired) electrons. The molecule has 3 rings (SSSR count). The lowest BCUT2D eigenvalue weighted by molar-refractivity contribution is -0.134. The quantitative estimate of drug-likeness (QED) is 0.725. The van der Waals surface area contributed by atoms with Crippen molar-refractivity contribution >= 4 is 35.1 Å². The molecule has 1 aliphatic heterocycles. The minimum Gasteiger partial charge on any atom is -0.359 e. The summed E-state index contributed by atoms with van der Waals surface area (Å²) >= 11 is 5.41. The summed E-state index contributed by atoms with van der Waals surface area (Å²) in [6.45, 7) is 0.304. The predicted octanol–water partition coefficient (Wildman–Crippen LogP) is 0.562. The molecule has 25 heavy (non-hydrogen) atoms. The van der Waals surface area contributed by atoms with Crippen LogP contribution in [0.1, 0.15) is 24.8 Å². The highest BCUT2D eigenvalue weighted by Gasteiger charge is 2.45. The maximum Gasteiger partial charge on any atom is 0.254 e. The van der Waals surface area contributed by atoms with Crippen LogP contribution in [0.25, 0.3) is 0 Å². The van der Waals surface area contributed by atoms with E-state index in [9.17, 15) is 14.4 Å². The van der Waals surface area contributed by atoms with E-state index in [1.54, 1.807) is 0 Å². The molecule has 8 heteroatoms. The van der Waals surface area contributed by atoms with Crippen molar-refractivity contribution < 1.29 is 14.4 Å². The molecule has 2 fully saturated rings. The highest BCUT2D eigenvalue weighted by molar-refractivity contribution is 7.80. The molecule has 1 saturated carbocycles. The van der Waals surface area contributed by atoms with Crippen molar-refractivity contribution in [3.05, 3.63) is 35.9 Å². The highest BCUT2D eigenvalue weighted by atomic mass is 32.1. The molecular formula is C17H20N4O3S. The second kappa shape index (κ2) is 7.18. The van der Waals surface area contributed by atoms with Crippen LogP contribution in [0.4, 0.5) is 0 Å². The third-order valence-electron chi connectivity index (χ3n) is 4.32. The summed E-state index contributed by atoms with van der Waals surface area (Å²) in [5.74, 6) is -0.748. The van der Waals surface area contributed by atoms with Gasteiger partial charge in [0.05, 0.1) is 13.0 Å². The van der Waals surface area contributed by atoms with Gasteiger partial charge in [0.15, 0.2) is 5.11 Å². The average Bonchev–Trinajstić information content (AvgIpc) is 3.44. The number of hydrogen-bond acceptors (Lipinski definition) is 4. The van der Waals surface area contributed by atoms with E-state index in [-0.39, 0.29) is 35.2 Å². The summed E-state index contributed by atoms with van der Waals surface area (Å²) in [7, 11) is 1.51. The van der Waals surface area contributed by atoms with Crippen molar-refractivity contribution in [3.8, 4) is 0 Å². The average molecular weight is 360 g/mol. The van der Waals surface area contributed by atoms with E-state index < -0.39 is 6.04 Å². The fourth-order valence-electron chi connectivity index (χ4n) is 2.70. The van der Waals surface area contributed by atoms with Crippen molar-refractivity contribution in [1.82, 2.24) is 20.7 Å². The fraction of sp³-hybridized carbons (Fsp3) is 0.412. The molecule has 1 aromatic carbocycles. The van der Waals surface area contributed by atoms with E-state index in [4.69, 9.17) is 12.2 Å². The summed E-state index contributed by atoms with van der Waals surface area (Å²) in [4.78, 5) is 38.2. The third kappa shape index (κ3) is 3.79. The molecule has 1 atom stereocenters. The number of hydrogen-bond donors (Lipinski definition) is 2. The molecule has 3 amide bonds. The lowest BCUT2D eigenvalue weighted by Crippen LogP contribution is -2.50. The number of carbonyl (C=O) groups excluding carboxylic acids is 3. The summed E-state index contributed by atoms with van der Waals surface area (Å²) in [6.07, 6.45) is 1.62. The zero-order chi connectivity index (χ0) is 18.0. The van der Waals surface area contributed by atoms with Gasteiger partial charge >= 0.3 is 0 Å². The Morgan fingerprint density at radius 1 is 1.24 bits per heavy atom. The first-order valence-electron chi connectivity index (χ1n) is 8.21. The Morgan fingerprint density at radius 3 is 2.52 bits per heavy atom. The number of carbonyl (C=O) groups is 3. The molecule has 1 heterocycles. The predicted molar refractivity (Wildman–Crippen MR) is 94.8 cm³/mol. The molecule has 1 saturated heterocycles. The minimum absolute atomic E-state index is 0.0262. The molecule has 7 nitrogen and oxygen atoms in total. The number of hydrazine groups is 1. The Labute approximate surface area is 151 Å². The van der Waals surface area contributed by atoms with E-state index in [0.29, 0.717) is 6.54 Å². The maximum absolute atomic E-state index is 12.8. The van der Waals surface area contributed by atoms with Crippen molar-refractivity contribution in [3.63, 3.8) is 0 Å². The molecule has 0 spiro atoms. The number of nitrogens with zero attached hydrogens (tertiary/aromatic N) is 2. The number of rotatable bonds is 6. The molecule has 0 bridgehead atoms. The van der Waals surface area contributed by atoms with E-state index in [1.165, 1.54) is 17.0 Å². The first-order chi connectivity index (χ1) is 12.0. The summed E-state index contributed by atoms with van der Waals surface area (Å²) in [5, 5.41) is 4.10. The van der Waals surface area contributed by atoms with Gasteiger partial charge in [-0.2, -0.15) is 0 Å². The lowest BCUT2D eigenvalue weighted by Gasteiger charge is -2.24. The van der Waals surface area contributed by atoms with E-state index >= 15 is 0 Å². The number of thiocarbonyl (C=S) groups is 1. The van der Waals surface area contributed by atoms with Crippen molar-refractivity contribution in [1.29, 1.82) is 0 Å². The van der Waals surface area contributed by atoms with Gasteiger partial charge in [-0.3, -0.25) is 24.7 Å². The van der Waals surface area contributed by atoms with Crippen LogP contribution in [-0.4, -0.2) is 45.8 Å². The van der Waals surface area contributed by atoms with Gasteiger partial charge in [0.1, 0.15) is 6.04 Å². The molecule has 1 unspecified atom stereocenters. The highest BCUT2D eigenvalue weighted by Crippen LogP contribution is 2.30. The molecule has 1 aromatic rings. The minimum atomic E-state index is -0.820. The Morgan fingerprint density at radius 2 is 1.92 bits per heavy atom. The van der Waals surface area contributed by atoms with Crippen LogP contribution >= 0.6 is 12.2 Å². The first kappa shape index (κ1) is 17.3. The van der Waals surface area contributed by atoms with Gasteiger partial charge in [0.2, 0.25) is 11.8 Å². The van der Waals surface area contributed by atoms with Gasteiger partial charge in [0, 0.05) is 13.0 Å². The van der Waals surface area contributed by atoms with Gasteiger partial charge in [-0.05, 0) is 30.6 Å². The lowest BCUT2D eigenvalue weighted by atomic mass is 10.1. The van der Waals surface area contributed by atoms with Crippen LogP contribution in [-0.2, 0) is 20.9 Å². The molecule has 2 N–H and O–H groups in total. The second-order valence-corrected chi connectivity index (χ2v) is 6.57. The Balaban J connectivity index is 1.79. The van der Waals surface area contributed by atoms with Crippen LogP contribution in [0.3, 0.4) is 0 Å². The molecular weight excluding hydrogens is 340 g/mol. The van der Waals surface area contributed by atoms with Crippen LogP contribution < -0.4 is 10.7 Å². The third-order valence-corrected chi connectivity index (χ3v) is 4.74. The van der Waals surface area contributed by atoms with Gasteiger partial charge in [0.25, 0.3) is 5.91 Å². The van der Waals surface area contributed by atoms with Gasteiger partial charge in [-0.15, -0.1) is 0 Å². The van der Waals surface area contributed by atoms with E-state index in [0.717, 1.165) is 18.4 Å². The molecule has 2 aliphatic rings. The standard InChI is InChI=1S/C17H20N4O3S/c1-18-14(22)9-13-16(24)20(10-11-5-3-2-4-6-11)17(25)21(13)19-15(23)12-7-8-12/h2-6,12-13H,7-10H2,1H3,(H,18,22)(H,19,23). The Bertz CT molecular complexity index is 705. The van der Waals surface area contributed by atoms with Crippen molar-refractivity contribution in [2.24, 2.45) is 5.92 Å².